The fourth-order valence-electron chi connectivity index (χ4n) is 3.04. The summed E-state index contributed by atoms with van der Waals surface area (Å²) in [6, 6.07) is 4.42. The summed E-state index contributed by atoms with van der Waals surface area (Å²) in [5.74, 6) is 1.69. The molecule has 0 saturated carbocycles. The van der Waals surface area contributed by atoms with Crippen LogP contribution in [0.4, 0.5) is 0 Å². The molecular weight excluding hydrogens is 431 g/mol. The Morgan fingerprint density at radius 2 is 2.04 bits per heavy atom. The van der Waals surface area contributed by atoms with Gasteiger partial charge in [0.25, 0.3) is 0 Å². The molecule has 2 rings (SSSR count). The van der Waals surface area contributed by atoms with E-state index in [-0.39, 0.29) is 24.0 Å². The van der Waals surface area contributed by atoms with Gasteiger partial charge in [-0.15, -0.1) is 35.3 Å². The SMILES string of the molecule is CCNC(=NCc1ccc(CC)s1)NCC1CCCN(CC)C1.I. The van der Waals surface area contributed by atoms with E-state index in [1.165, 1.54) is 42.2 Å². The summed E-state index contributed by atoms with van der Waals surface area (Å²) in [5, 5.41) is 6.91. The molecule has 138 valence electrons. The Labute approximate surface area is 168 Å². The van der Waals surface area contributed by atoms with Crippen LogP contribution in [0.1, 0.15) is 43.4 Å². The van der Waals surface area contributed by atoms with Gasteiger partial charge in [-0.05, 0) is 57.3 Å². The van der Waals surface area contributed by atoms with Crippen LogP contribution in [0, 0.1) is 5.92 Å². The largest absolute Gasteiger partial charge is 0.357 e. The van der Waals surface area contributed by atoms with Crippen LogP contribution in [0.3, 0.4) is 0 Å². The Bertz CT molecular complexity index is 489. The summed E-state index contributed by atoms with van der Waals surface area (Å²) in [5.41, 5.74) is 0. The Morgan fingerprint density at radius 1 is 1.25 bits per heavy atom. The van der Waals surface area contributed by atoms with Crippen molar-refractivity contribution in [2.24, 2.45) is 10.9 Å². The van der Waals surface area contributed by atoms with Gasteiger partial charge in [0.05, 0.1) is 6.54 Å². The predicted octanol–water partition coefficient (Wildman–Crippen LogP) is 3.72. The number of piperidine rings is 1. The molecule has 1 aromatic rings. The number of likely N-dealkylation sites (tertiary alicyclic amines) is 1. The molecule has 1 aromatic heterocycles. The fraction of sp³-hybridized carbons (Fsp3) is 0.722. The van der Waals surface area contributed by atoms with Gasteiger partial charge in [0.1, 0.15) is 0 Å². The lowest BCUT2D eigenvalue weighted by Crippen LogP contribution is -2.44. The number of nitrogens with zero attached hydrogens (tertiary/aromatic N) is 2. The molecule has 0 aromatic carbocycles. The molecule has 1 atom stereocenters. The average molecular weight is 464 g/mol. The monoisotopic (exact) mass is 464 g/mol. The minimum atomic E-state index is 0. The molecule has 4 nitrogen and oxygen atoms in total. The molecule has 2 N–H and O–H groups in total. The van der Waals surface area contributed by atoms with Crippen molar-refractivity contribution in [2.45, 2.75) is 46.6 Å². The van der Waals surface area contributed by atoms with Gasteiger partial charge in [-0.25, -0.2) is 4.99 Å². The van der Waals surface area contributed by atoms with Crippen molar-refractivity contribution in [1.29, 1.82) is 0 Å². The van der Waals surface area contributed by atoms with Gasteiger partial charge in [0.2, 0.25) is 0 Å². The highest BCUT2D eigenvalue weighted by molar-refractivity contribution is 14.0. The van der Waals surface area contributed by atoms with Crippen molar-refractivity contribution in [3.05, 3.63) is 21.9 Å². The van der Waals surface area contributed by atoms with Crippen LogP contribution >= 0.6 is 35.3 Å². The zero-order valence-electron chi connectivity index (χ0n) is 15.3. The summed E-state index contributed by atoms with van der Waals surface area (Å²) in [6.07, 6.45) is 3.76. The maximum Gasteiger partial charge on any atom is 0.191 e. The maximum atomic E-state index is 4.75. The highest BCUT2D eigenvalue weighted by Crippen LogP contribution is 2.18. The van der Waals surface area contributed by atoms with Crippen molar-refractivity contribution in [1.82, 2.24) is 15.5 Å². The van der Waals surface area contributed by atoms with Crippen LogP contribution < -0.4 is 10.6 Å². The number of hydrogen-bond donors (Lipinski definition) is 2. The number of aryl methyl sites for hydroxylation is 1. The lowest BCUT2D eigenvalue weighted by Gasteiger charge is -2.32. The third kappa shape index (κ3) is 7.27. The number of halogens is 1. The van der Waals surface area contributed by atoms with Gasteiger partial charge in [0, 0.05) is 29.4 Å². The van der Waals surface area contributed by atoms with Crippen LogP contribution in [0.25, 0.3) is 0 Å². The summed E-state index contributed by atoms with van der Waals surface area (Å²) in [7, 11) is 0. The number of rotatable bonds is 7. The van der Waals surface area contributed by atoms with Crippen molar-refractivity contribution >= 4 is 41.3 Å². The first kappa shape index (κ1) is 21.7. The van der Waals surface area contributed by atoms with Gasteiger partial charge in [-0.2, -0.15) is 0 Å². The molecule has 2 heterocycles. The minimum Gasteiger partial charge on any atom is -0.357 e. The maximum absolute atomic E-state index is 4.75. The van der Waals surface area contributed by atoms with E-state index >= 15 is 0 Å². The Balaban J connectivity index is 0.00000288. The molecule has 1 aliphatic rings. The fourth-order valence-corrected chi connectivity index (χ4v) is 3.92. The summed E-state index contributed by atoms with van der Waals surface area (Å²) in [6.45, 7) is 12.9. The third-order valence-corrected chi connectivity index (χ3v) is 5.63. The van der Waals surface area contributed by atoms with Crippen LogP contribution in [0.15, 0.2) is 17.1 Å². The van der Waals surface area contributed by atoms with Gasteiger partial charge in [-0.3, -0.25) is 0 Å². The standard InChI is InChI=1S/C18H32N4S.HI/c1-4-16-9-10-17(23-16)13-21-18(19-5-2)20-12-15-8-7-11-22(6-3)14-15;/h9-10,15H,4-8,11-14H2,1-3H3,(H2,19,20,21);1H. The molecule has 24 heavy (non-hydrogen) atoms. The Morgan fingerprint density at radius 3 is 2.71 bits per heavy atom. The number of hydrogen-bond acceptors (Lipinski definition) is 3. The smallest absolute Gasteiger partial charge is 0.191 e. The minimum absolute atomic E-state index is 0. The lowest BCUT2D eigenvalue weighted by atomic mass is 9.98. The van der Waals surface area contributed by atoms with Crippen molar-refractivity contribution in [3.8, 4) is 0 Å². The summed E-state index contributed by atoms with van der Waals surface area (Å²) >= 11 is 1.87. The number of guanidine groups is 1. The molecule has 0 spiro atoms. The molecular formula is C18H33IN4S. The zero-order chi connectivity index (χ0) is 16.5. The molecule has 0 aliphatic carbocycles. The topological polar surface area (TPSA) is 39.7 Å². The highest BCUT2D eigenvalue weighted by Gasteiger charge is 2.18. The lowest BCUT2D eigenvalue weighted by molar-refractivity contribution is 0.183. The van der Waals surface area contributed by atoms with E-state index in [1.54, 1.807) is 0 Å². The van der Waals surface area contributed by atoms with E-state index in [0.29, 0.717) is 0 Å². The molecule has 1 fully saturated rings. The second kappa shape index (κ2) is 12.1. The molecule has 1 unspecified atom stereocenters. The molecule has 0 bridgehead atoms. The first-order valence-corrected chi connectivity index (χ1v) is 9.88. The summed E-state index contributed by atoms with van der Waals surface area (Å²) < 4.78 is 0. The van der Waals surface area contributed by atoms with Crippen LogP contribution in [0.2, 0.25) is 0 Å². The van der Waals surface area contributed by atoms with Gasteiger partial charge in [0.15, 0.2) is 5.96 Å². The van der Waals surface area contributed by atoms with Gasteiger partial charge in [-0.1, -0.05) is 13.8 Å². The molecule has 6 heteroatoms. The van der Waals surface area contributed by atoms with Crippen LogP contribution in [-0.4, -0.2) is 43.6 Å². The zero-order valence-corrected chi connectivity index (χ0v) is 18.5. The van der Waals surface area contributed by atoms with Crippen molar-refractivity contribution in [2.75, 3.05) is 32.7 Å². The number of thiophene rings is 1. The molecule has 0 amide bonds. The highest BCUT2D eigenvalue weighted by atomic mass is 127. The third-order valence-electron chi connectivity index (χ3n) is 4.41. The molecule has 1 aliphatic heterocycles. The second-order valence-electron chi connectivity index (χ2n) is 6.20. The number of nitrogens with one attached hydrogen (secondary N) is 2. The first-order valence-electron chi connectivity index (χ1n) is 9.07. The van der Waals surface area contributed by atoms with Crippen molar-refractivity contribution in [3.63, 3.8) is 0 Å². The molecule has 0 radical (unpaired) electrons. The first-order chi connectivity index (χ1) is 11.2. The Kier molecular flexibility index (Phi) is 10.9. The van der Waals surface area contributed by atoms with E-state index < -0.39 is 0 Å². The summed E-state index contributed by atoms with van der Waals surface area (Å²) in [4.78, 5) is 10.1. The van der Waals surface area contributed by atoms with E-state index in [2.05, 4.69) is 48.4 Å². The normalized spacial score (nSPS) is 19.0. The predicted molar refractivity (Wildman–Crippen MR) is 117 cm³/mol. The second-order valence-corrected chi connectivity index (χ2v) is 7.45. The molecule has 1 saturated heterocycles. The van der Waals surface area contributed by atoms with E-state index in [4.69, 9.17) is 4.99 Å². The quantitative estimate of drug-likeness (QED) is 0.367. The van der Waals surface area contributed by atoms with E-state index in [0.717, 1.165) is 37.9 Å². The van der Waals surface area contributed by atoms with Crippen LogP contribution in [0.5, 0.6) is 0 Å². The van der Waals surface area contributed by atoms with E-state index in [1.807, 2.05) is 11.3 Å². The van der Waals surface area contributed by atoms with Crippen LogP contribution in [-0.2, 0) is 13.0 Å². The number of aliphatic imine (C=N–C) groups is 1. The van der Waals surface area contributed by atoms with E-state index in [9.17, 15) is 0 Å². The average Bonchev–Trinajstić information content (AvgIpc) is 3.05. The van der Waals surface area contributed by atoms with Crippen molar-refractivity contribution < 1.29 is 0 Å². The van der Waals surface area contributed by atoms with Gasteiger partial charge >= 0.3 is 0 Å². The van der Waals surface area contributed by atoms with Gasteiger partial charge < -0.3 is 15.5 Å². The Hall–Kier alpha value is -0.340.